The summed E-state index contributed by atoms with van der Waals surface area (Å²) in [4.78, 5) is 15.1. The van der Waals surface area contributed by atoms with Crippen molar-refractivity contribution < 1.29 is 9.53 Å². The van der Waals surface area contributed by atoms with Gasteiger partial charge in [0.2, 0.25) is 0 Å². The van der Waals surface area contributed by atoms with Gasteiger partial charge in [-0.2, -0.15) is 0 Å². The first kappa shape index (κ1) is 10.3. The molecule has 1 atom stereocenters. The van der Waals surface area contributed by atoms with Crippen molar-refractivity contribution in [2.45, 2.75) is 27.0 Å². The van der Waals surface area contributed by atoms with Crippen molar-refractivity contribution in [2.24, 2.45) is 0 Å². The first-order valence-electron chi connectivity index (χ1n) is 5.29. The molecule has 0 aromatic rings. The van der Waals surface area contributed by atoms with Gasteiger partial charge in [-0.25, -0.2) is 4.79 Å². The summed E-state index contributed by atoms with van der Waals surface area (Å²) < 4.78 is 5.59. The quantitative estimate of drug-likeness (QED) is 0.632. The summed E-state index contributed by atoms with van der Waals surface area (Å²) >= 11 is 0. The fraction of sp³-hybridized carbons (Fsp3) is 0.636. The second-order valence-corrected chi connectivity index (χ2v) is 3.81. The molecule has 2 bridgehead atoms. The van der Waals surface area contributed by atoms with Crippen molar-refractivity contribution in [3.05, 3.63) is 17.1 Å². The lowest BCUT2D eigenvalue weighted by Crippen LogP contribution is -2.56. The minimum atomic E-state index is -0.232. The summed E-state index contributed by atoms with van der Waals surface area (Å²) in [6, 6.07) is 0. The van der Waals surface area contributed by atoms with Gasteiger partial charge in [0.1, 0.15) is 0 Å². The van der Waals surface area contributed by atoms with Gasteiger partial charge in [-0.05, 0) is 20.8 Å². The lowest BCUT2D eigenvalue weighted by Gasteiger charge is -2.49. The number of piperazine rings is 1. The largest absolute Gasteiger partial charge is 0.352 e. The number of fused-ring (bicyclic) bond motifs is 2. The van der Waals surface area contributed by atoms with Crippen molar-refractivity contribution >= 4 is 5.94 Å². The van der Waals surface area contributed by atoms with Crippen LogP contribution in [0.15, 0.2) is 17.1 Å². The van der Waals surface area contributed by atoms with Crippen LogP contribution in [0.5, 0.6) is 0 Å². The summed E-state index contributed by atoms with van der Waals surface area (Å²) in [7, 11) is 0. The Labute approximate surface area is 89.8 Å². The average Bonchev–Trinajstić information content (AvgIpc) is 2.25. The van der Waals surface area contributed by atoms with E-state index in [0.717, 1.165) is 18.8 Å². The third-order valence-corrected chi connectivity index (χ3v) is 3.16. The maximum atomic E-state index is 11.0. The molecule has 0 radical (unpaired) electrons. The van der Waals surface area contributed by atoms with Crippen LogP contribution in [0.4, 0.5) is 0 Å². The molecule has 3 aliphatic heterocycles. The third-order valence-electron chi connectivity index (χ3n) is 3.16. The number of hydrogen-bond donors (Lipinski definition) is 0. The molecule has 0 spiro atoms. The zero-order chi connectivity index (χ0) is 11.0. The molecule has 4 nitrogen and oxygen atoms in total. The molecule has 0 N–H and O–H groups in total. The van der Waals surface area contributed by atoms with Crippen LogP contribution in [0.3, 0.4) is 0 Å². The van der Waals surface area contributed by atoms with E-state index >= 15 is 0 Å². The SMILES string of the molecule is CCOC1C(=C=O)N2CCN1C(C)=C2C. The summed E-state index contributed by atoms with van der Waals surface area (Å²) in [6.07, 6.45) is -0.232. The van der Waals surface area contributed by atoms with Crippen molar-refractivity contribution in [1.82, 2.24) is 9.80 Å². The predicted octanol–water partition coefficient (Wildman–Crippen LogP) is 0.947. The lowest BCUT2D eigenvalue weighted by atomic mass is 10.1. The van der Waals surface area contributed by atoms with E-state index in [1.807, 2.05) is 24.7 Å². The molecule has 0 aliphatic carbocycles. The average molecular weight is 208 g/mol. The molecule has 15 heavy (non-hydrogen) atoms. The Morgan fingerprint density at radius 1 is 1.40 bits per heavy atom. The summed E-state index contributed by atoms with van der Waals surface area (Å²) in [5.41, 5.74) is 2.94. The molecule has 3 heterocycles. The molecule has 1 saturated heterocycles. The minimum Gasteiger partial charge on any atom is -0.352 e. The molecule has 0 saturated carbocycles. The second-order valence-electron chi connectivity index (χ2n) is 3.81. The van der Waals surface area contributed by atoms with E-state index in [1.54, 1.807) is 0 Å². The topological polar surface area (TPSA) is 32.8 Å². The fourth-order valence-corrected chi connectivity index (χ4v) is 2.25. The number of allylic oxidation sites excluding steroid dienone is 2. The highest BCUT2D eigenvalue weighted by molar-refractivity contribution is 5.56. The molecule has 0 aromatic heterocycles. The van der Waals surface area contributed by atoms with Crippen LogP contribution in [-0.4, -0.2) is 41.7 Å². The Morgan fingerprint density at radius 2 is 2.13 bits per heavy atom. The van der Waals surface area contributed by atoms with Crippen LogP contribution in [0.2, 0.25) is 0 Å². The Bertz CT molecular complexity index is 356. The summed E-state index contributed by atoms with van der Waals surface area (Å²) in [5, 5.41) is 0. The number of carbonyl (C=O) groups excluding carboxylic acids is 1. The van der Waals surface area contributed by atoms with Gasteiger partial charge < -0.3 is 14.5 Å². The van der Waals surface area contributed by atoms with E-state index in [2.05, 4.69) is 11.8 Å². The van der Waals surface area contributed by atoms with Crippen molar-refractivity contribution in [2.75, 3.05) is 19.7 Å². The van der Waals surface area contributed by atoms with Crippen molar-refractivity contribution in [3.8, 4) is 0 Å². The van der Waals surface area contributed by atoms with Gasteiger partial charge in [0.25, 0.3) is 0 Å². The number of ether oxygens (including phenoxy) is 1. The first-order valence-corrected chi connectivity index (χ1v) is 5.29. The zero-order valence-corrected chi connectivity index (χ0v) is 9.41. The zero-order valence-electron chi connectivity index (χ0n) is 9.41. The van der Waals surface area contributed by atoms with Gasteiger partial charge in [-0.3, -0.25) is 0 Å². The van der Waals surface area contributed by atoms with Crippen LogP contribution < -0.4 is 0 Å². The predicted molar refractivity (Wildman–Crippen MR) is 56.4 cm³/mol. The maximum absolute atomic E-state index is 11.0. The molecule has 3 rings (SSSR count). The van der Waals surface area contributed by atoms with Crippen LogP contribution in [0.1, 0.15) is 20.8 Å². The van der Waals surface area contributed by atoms with Crippen molar-refractivity contribution in [1.29, 1.82) is 0 Å². The Hall–Kier alpha value is -1.25. The van der Waals surface area contributed by atoms with Gasteiger partial charge in [0.15, 0.2) is 17.9 Å². The Morgan fingerprint density at radius 3 is 2.73 bits per heavy atom. The number of rotatable bonds is 2. The molecule has 82 valence electrons. The summed E-state index contributed by atoms with van der Waals surface area (Å²) in [6.45, 7) is 8.41. The van der Waals surface area contributed by atoms with Gasteiger partial charge in [0, 0.05) is 31.1 Å². The van der Waals surface area contributed by atoms with Gasteiger partial charge >= 0.3 is 0 Å². The van der Waals surface area contributed by atoms with Crippen LogP contribution in [0, 0.1) is 0 Å². The van der Waals surface area contributed by atoms with E-state index in [4.69, 9.17) is 4.74 Å². The minimum absolute atomic E-state index is 0.232. The highest BCUT2D eigenvalue weighted by atomic mass is 16.5. The van der Waals surface area contributed by atoms with E-state index < -0.39 is 0 Å². The number of hydrogen-bond acceptors (Lipinski definition) is 4. The molecular formula is C11H16N2O2. The molecular weight excluding hydrogens is 192 g/mol. The molecule has 3 aliphatic rings. The Kier molecular flexibility index (Phi) is 2.55. The number of nitrogens with zero attached hydrogens (tertiary/aromatic N) is 2. The maximum Gasteiger partial charge on any atom is 0.182 e. The molecule has 4 heteroatoms. The third kappa shape index (κ3) is 1.37. The standard InChI is InChI=1S/C11H16N2O2/c1-4-15-11-10(7-14)12-5-6-13(11)9(3)8(12)2/h11H,4-6H2,1-3H3. The first-order chi connectivity index (χ1) is 7.20. The van der Waals surface area contributed by atoms with Crippen LogP contribution in [0.25, 0.3) is 0 Å². The van der Waals surface area contributed by atoms with E-state index in [1.165, 1.54) is 5.70 Å². The van der Waals surface area contributed by atoms with E-state index in [9.17, 15) is 4.79 Å². The van der Waals surface area contributed by atoms with Gasteiger partial charge in [-0.1, -0.05) is 0 Å². The molecule has 1 fully saturated rings. The molecule has 1 unspecified atom stereocenters. The van der Waals surface area contributed by atoms with Gasteiger partial charge in [-0.15, -0.1) is 0 Å². The summed E-state index contributed by atoms with van der Waals surface area (Å²) in [5.74, 6) is 2.01. The van der Waals surface area contributed by atoms with Gasteiger partial charge in [0.05, 0.1) is 0 Å². The normalized spacial score (nSPS) is 25.0. The van der Waals surface area contributed by atoms with Crippen LogP contribution in [-0.2, 0) is 9.53 Å². The fourth-order valence-electron chi connectivity index (χ4n) is 2.25. The van der Waals surface area contributed by atoms with E-state index in [0.29, 0.717) is 12.3 Å². The van der Waals surface area contributed by atoms with Crippen molar-refractivity contribution in [3.63, 3.8) is 0 Å². The molecule has 0 amide bonds. The highest BCUT2D eigenvalue weighted by Gasteiger charge is 2.39. The second kappa shape index (κ2) is 3.72. The smallest absolute Gasteiger partial charge is 0.182 e. The Balaban J connectivity index is 2.41. The highest BCUT2D eigenvalue weighted by Crippen LogP contribution is 2.34. The van der Waals surface area contributed by atoms with E-state index in [-0.39, 0.29) is 6.23 Å². The monoisotopic (exact) mass is 208 g/mol. The lowest BCUT2D eigenvalue weighted by molar-refractivity contribution is -0.0585. The van der Waals surface area contributed by atoms with Crippen LogP contribution >= 0.6 is 0 Å². The molecule has 0 aromatic carbocycles.